The van der Waals surface area contributed by atoms with Crippen molar-refractivity contribution in [2.24, 2.45) is 0 Å². The molecule has 0 radical (unpaired) electrons. The summed E-state index contributed by atoms with van der Waals surface area (Å²) in [6, 6.07) is 18.7. The summed E-state index contributed by atoms with van der Waals surface area (Å²) in [5.41, 5.74) is 1.10. The minimum Gasteiger partial charge on any atom is -0.369 e. The van der Waals surface area contributed by atoms with Crippen molar-refractivity contribution >= 4 is 16.5 Å². The average Bonchev–Trinajstić information content (AvgIpc) is 2.47. The van der Waals surface area contributed by atoms with Crippen LogP contribution in [-0.4, -0.2) is 13.1 Å². The van der Waals surface area contributed by atoms with Crippen molar-refractivity contribution in [2.75, 3.05) is 18.0 Å². The minimum atomic E-state index is 0.467. The van der Waals surface area contributed by atoms with Crippen LogP contribution in [0.15, 0.2) is 42.5 Å². The first-order chi connectivity index (χ1) is 9.36. The summed E-state index contributed by atoms with van der Waals surface area (Å²) in [6.45, 7) is 1.32. The monoisotopic (exact) mass is 249 g/mol. The van der Waals surface area contributed by atoms with Gasteiger partial charge in [-0.1, -0.05) is 36.4 Å². The second-order valence-corrected chi connectivity index (χ2v) is 4.30. The topological polar surface area (TPSA) is 50.8 Å². The first-order valence-corrected chi connectivity index (χ1v) is 6.33. The highest BCUT2D eigenvalue weighted by Gasteiger charge is 2.09. The number of fused-ring (bicyclic) bond motifs is 1. The lowest BCUT2D eigenvalue weighted by atomic mass is 10.1. The highest BCUT2D eigenvalue weighted by Crippen LogP contribution is 2.26. The van der Waals surface area contributed by atoms with Crippen LogP contribution in [0.2, 0.25) is 0 Å². The van der Waals surface area contributed by atoms with Gasteiger partial charge in [0.1, 0.15) is 0 Å². The van der Waals surface area contributed by atoms with Gasteiger partial charge in [-0.05, 0) is 11.5 Å². The van der Waals surface area contributed by atoms with Crippen molar-refractivity contribution in [2.45, 2.75) is 12.8 Å². The van der Waals surface area contributed by atoms with Crippen LogP contribution >= 0.6 is 0 Å². The molecule has 0 aromatic heterocycles. The van der Waals surface area contributed by atoms with Gasteiger partial charge < -0.3 is 4.90 Å². The van der Waals surface area contributed by atoms with E-state index < -0.39 is 0 Å². The third kappa shape index (κ3) is 3.03. The first kappa shape index (κ1) is 12.9. The van der Waals surface area contributed by atoms with E-state index in [0.717, 1.165) is 5.69 Å². The molecule has 0 saturated carbocycles. The van der Waals surface area contributed by atoms with Crippen LogP contribution in [-0.2, 0) is 0 Å². The predicted molar refractivity (Wildman–Crippen MR) is 76.6 cm³/mol. The highest BCUT2D eigenvalue weighted by molar-refractivity contribution is 5.94. The van der Waals surface area contributed by atoms with Crippen LogP contribution in [0.4, 0.5) is 5.69 Å². The van der Waals surface area contributed by atoms with Crippen molar-refractivity contribution in [1.82, 2.24) is 0 Å². The molecule has 0 unspecified atom stereocenters. The van der Waals surface area contributed by atoms with Gasteiger partial charge in [0.05, 0.1) is 25.0 Å². The van der Waals surface area contributed by atoms with Crippen LogP contribution in [0.25, 0.3) is 10.8 Å². The van der Waals surface area contributed by atoms with E-state index in [1.54, 1.807) is 0 Å². The second kappa shape index (κ2) is 6.42. The van der Waals surface area contributed by atoms with Crippen LogP contribution in [0, 0.1) is 22.7 Å². The van der Waals surface area contributed by atoms with E-state index >= 15 is 0 Å². The lowest BCUT2D eigenvalue weighted by Crippen LogP contribution is -2.25. The zero-order chi connectivity index (χ0) is 13.5. The average molecular weight is 249 g/mol. The number of hydrogen-bond donors (Lipinski definition) is 0. The van der Waals surface area contributed by atoms with E-state index in [4.69, 9.17) is 10.5 Å². The molecule has 0 aliphatic rings. The Bertz CT molecular complexity index is 611. The maximum atomic E-state index is 8.76. The summed E-state index contributed by atoms with van der Waals surface area (Å²) in [6.07, 6.45) is 0.934. The Morgan fingerprint density at radius 3 is 2.16 bits per heavy atom. The molecule has 0 bridgehead atoms. The maximum Gasteiger partial charge on any atom is 0.0640 e. The number of nitrogens with zero attached hydrogens (tertiary/aromatic N) is 3. The number of hydrogen-bond acceptors (Lipinski definition) is 3. The number of anilines is 1. The molecule has 94 valence electrons. The minimum absolute atomic E-state index is 0.467. The lowest BCUT2D eigenvalue weighted by Gasteiger charge is -2.24. The fourth-order valence-electron chi connectivity index (χ4n) is 2.21. The van der Waals surface area contributed by atoms with Crippen LogP contribution in [0.3, 0.4) is 0 Å². The van der Waals surface area contributed by atoms with E-state index in [0.29, 0.717) is 25.9 Å². The molecule has 0 saturated heterocycles. The molecule has 0 N–H and O–H groups in total. The largest absolute Gasteiger partial charge is 0.369 e. The van der Waals surface area contributed by atoms with Gasteiger partial charge in [-0.2, -0.15) is 10.5 Å². The molecule has 0 atom stereocenters. The van der Waals surface area contributed by atoms with Gasteiger partial charge in [-0.15, -0.1) is 0 Å². The van der Waals surface area contributed by atoms with Gasteiger partial charge >= 0.3 is 0 Å². The number of nitriles is 2. The van der Waals surface area contributed by atoms with E-state index in [-0.39, 0.29) is 0 Å². The summed E-state index contributed by atoms with van der Waals surface area (Å²) in [4.78, 5) is 2.12. The van der Waals surface area contributed by atoms with Gasteiger partial charge in [0, 0.05) is 24.2 Å². The van der Waals surface area contributed by atoms with Crippen molar-refractivity contribution in [1.29, 1.82) is 10.5 Å². The Morgan fingerprint density at radius 2 is 1.47 bits per heavy atom. The molecule has 0 aliphatic carbocycles. The molecule has 0 heterocycles. The SMILES string of the molecule is N#CCCN(CCC#N)c1cccc2ccccc12. The lowest BCUT2D eigenvalue weighted by molar-refractivity contribution is 0.799. The zero-order valence-electron chi connectivity index (χ0n) is 10.7. The second-order valence-electron chi connectivity index (χ2n) is 4.30. The molecular weight excluding hydrogens is 234 g/mol. The van der Waals surface area contributed by atoms with Gasteiger partial charge in [0.15, 0.2) is 0 Å². The van der Waals surface area contributed by atoms with Gasteiger partial charge in [-0.3, -0.25) is 0 Å². The summed E-state index contributed by atoms with van der Waals surface area (Å²) in [5.74, 6) is 0. The van der Waals surface area contributed by atoms with Crippen LogP contribution < -0.4 is 4.90 Å². The maximum absolute atomic E-state index is 8.76. The van der Waals surface area contributed by atoms with Crippen molar-refractivity contribution in [3.63, 3.8) is 0 Å². The molecule has 0 spiro atoms. The molecule has 2 rings (SSSR count). The molecule has 2 aromatic rings. The van der Waals surface area contributed by atoms with Crippen molar-refractivity contribution in [3.8, 4) is 12.1 Å². The quantitative estimate of drug-likeness (QED) is 0.815. The van der Waals surface area contributed by atoms with Gasteiger partial charge in [-0.25, -0.2) is 0 Å². The summed E-state index contributed by atoms with van der Waals surface area (Å²) < 4.78 is 0. The molecule has 3 heteroatoms. The zero-order valence-corrected chi connectivity index (χ0v) is 10.7. The van der Waals surface area contributed by atoms with E-state index in [1.807, 2.05) is 18.2 Å². The van der Waals surface area contributed by atoms with Crippen molar-refractivity contribution < 1.29 is 0 Å². The molecular formula is C16H15N3. The van der Waals surface area contributed by atoms with E-state index in [1.165, 1.54) is 10.8 Å². The smallest absolute Gasteiger partial charge is 0.0640 e. The summed E-state index contributed by atoms with van der Waals surface area (Å²) in [7, 11) is 0. The summed E-state index contributed by atoms with van der Waals surface area (Å²) in [5, 5.41) is 19.9. The number of benzene rings is 2. The Morgan fingerprint density at radius 1 is 0.842 bits per heavy atom. The van der Waals surface area contributed by atoms with Crippen molar-refractivity contribution in [3.05, 3.63) is 42.5 Å². The molecule has 0 amide bonds. The van der Waals surface area contributed by atoms with Gasteiger partial charge in [0.25, 0.3) is 0 Å². The van der Waals surface area contributed by atoms with E-state index in [2.05, 4.69) is 41.3 Å². The Kier molecular flexibility index (Phi) is 4.37. The summed E-state index contributed by atoms with van der Waals surface area (Å²) >= 11 is 0. The predicted octanol–water partition coefficient (Wildman–Crippen LogP) is 3.47. The standard InChI is InChI=1S/C16H15N3/c17-10-4-12-19(13-5-11-18)16-9-3-7-14-6-1-2-8-15(14)16/h1-3,6-9H,4-5,12-13H2. The highest BCUT2D eigenvalue weighted by atomic mass is 15.1. The molecule has 0 aliphatic heterocycles. The fraction of sp³-hybridized carbons (Fsp3) is 0.250. The van der Waals surface area contributed by atoms with E-state index in [9.17, 15) is 0 Å². The first-order valence-electron chi connectivity index (χ1n) is 6.33. The number of rotatable bonds is 5. The van der Waals surface area contributed by atoms with Crippen LogP contribution in [0.5, 0.6) is 0 Å². The molecule has 0 fully saturated rings. The van der Waals surface area contributed by atoms with Crippen LogP contribution in [0.1, 0.15) is 12.8 Å². The molecule has 2 aromatic carbocycles. The third-order valence-corrected chi connectivity index (χ3v) is 3.09. The Hall–Kier alpha value is -2.52. The van der Waals surface area contributed by atoms with Gasteiger partial charge in [0.2, 0.25) is 0 Å². The fourth-order valence-corrected chi connectivity index (χ4v) is 2.21. The Labute approximate surface area is 113 Å². The normalized spacial score (nSPS) is 9.79. The Balaban J connectivity index is 2.38. The molecule has 3 nitrogen and oxygen atoms in total. The molecule has 19 heavy (non-hydrogen) atoms. The third-order valence-electron chi connectivity index (χ3n) is 3.09.